The van der Waals surface area contributed by atoms with Crippen molar-refractivity contribution in [2.45, 2.75) is 46.4 Å². The van der Waals surface area contributed by atoms with Crippen LogP contribution in [0.5, 0.6) is 5.75 Å². The maximum Gasteiger partial charge on any atom is 0.276 e. The number of hydrogen-bond donors (Lipinski definition) is 1. The SMILES string of the molecule is Cc1nn([C@@H](C)C(=O)NCc2ccc(OC(C)C)cc2)c(=O)c2c1sc1ccccc12. The van der Waals surface area contributed by atoms with Crippen LogP contribution in [-0.4, -0.2) is 21.8 Å². The Morgan fingerprint density at radius 1 is 1.13 bits per heavy atom. The first-order valence-electron chi connectivity index (χ1n) is 10.3. The molecule has 0 spiro atoms. The predicted molar refractivity (Wildman–Crippen MR) is 125 cm³/mol. The van der Waals surface area contributed by atoms with Crippen molar-refractivity contribution in [2.24, 2.45) is 0 Å². The Balaban J connectivity index is 1.55. The summed E-state index contributed by atoms with van der Waals surface area (Å²) in [4.78, 5) is 26.0. The van der Waals surface area contributed by atoms with E-state index in [-0.39, 0.29) is 17.6 Å². The fourth-order valence-corrected chi connectivity index (χ4v) is 4.68. The van der Waals surface area contributed by atoms with Crippen LogP contribution in [0.15, 0.2) is 53.3 Å². The van der Waals surface area contributed by atoms with Crippen molar-refractivity contribution in [3.8, 4) is 5.75 Å². The number of nitrogens with zero attached hydrogens (tertiary/aromatic N) is 2. The highest BCUT2D eigenvalue weighted by Gasteiger charge is 2.21. The number of thiophene rings is 1. The lowest BCUT2D eigenvalue weighted by Gasteiger charge is -2.15. The van der Waals surface area contributed by atoms with Gasteiger partial charge in [0.15, 0.2) is 0 Å². The molecule has 2 heterocycles. The van der Waals surface area contributed by atoms with E-state index in [0.29, 0.717) is 11.9 Å². The molecule has 6 nitrogen and oxygen atoms in total. The molecule has 0 saturated carbocycles. The van der Waals surface area contributed by atoms with Gasteiger partial charge in [0.25, 0.3) is 5.56 Å². The summed E-state index contributed by atoms with van der Waals surface area (Å²) in [7, 11) is 0. The Morgan fingerprint density at radius 2 is 1.84 bits per heavy atom. The van der Waals surface area contributed by atoms with E-state index in [1.54, 1.807) is 18.3 Å². The average molecular weight is 436 g/mol. The first kappa shape index (κ1) is 21.1. The number of ether oxygens (including phenoxy) is 1. The molecule has 31 heavy (non-hydrogen) atoms. The number of benzene rings is 2. The average Bonchev–Trinajstić information content (AvgIpc) is 3.15. The summed E-state index contributed by atoms with van der Waals surface area (Å²) in [6.07, 6.45) is 0.110. The van der Waals surface area contributed by atoms with E-state index in [4.69, 9.17) is 4.74 Å². The third kappa shape index (κ3) is 4.18. The number of amides is 1. The van der Waals surface area contributed by atoms with Crippen LogP contribution in [0.25, 0.3) is 20.2 Å². The zero-order chi connectivity index (χ0) is 22.1. The summed E-state index contributed by atoms with van der Waals surface area (Å²) in [5.41, 5.74) is 1.46. The Bertz CT molecular complexity index is 1310. The minimum atomic E-state index is -0.724. The van der Waals surface area contributed by atoms with Crippen LogP contribution in [0, 0.1) is 6.92 Å². The van der Waals surface area contributed by atoms with E-state index < -0.39 is 6.04 Å². The maximum atomic E-state index is 13.2. The van der Waals surface area contributed by atoms with Crippen molar-refractivity contribution < 1.29 is 9.53 Å². The minimum Gasteiger partial charge on any atom is -0.491 e. The zero-order valence-corrected chi connectivity index (χ0v) is 18.8. The molecule has 4 aromatic rings. The summed E-state index contributed by atoms with van der Waals surface area (Å²) in [5, 5.41) is 8.89. The van der Waals surface area contributed by atoms with Gasteiger partial charge in [-0.3, -0.25) is 9.59 Å². The van der Waals surface area contributed by atoms with Gasteiger partial charge in [-0.05, 0) is 51.5 Å². The second-order valence-electron chi connectivity index (χ2n) is 7.84. The van der Waals surface area contributed by atoms with Gasteiger partial charge in [-0.15, -0.1) is 11.3 Å². The lowest BCUT2D eigenvalue weighted by atomic mass is 10.2. The van der Waals surface area contributed by atoms with E-state index in [0.717, 1.165) is 31.8 Å². The molecule has 0 radical (unpaired) electrons. The summed E-state index contributed by atoms with van der Waals surface area (Å²) in [5.74, 6) is 0.538. The fraction of sp³-hybridized carbons (Fsp3) is 0.292. The zero-order valence-electron chi connectivity index (χ0n) is 18.0. The Kier molecular flexibility index (Phi) is 5.78. The van der Waals surface area contributed by atoms with Crippen molar-refractivity contribution in [1.29, 1.82) is 0 Å². The highest BCUT2D eigenvalue weighted by atomic mass is 32.1. The van der Waals surface area contributed by atoms with Crippen LogP contribution in [0.3, 0.4) is 0 Å². The first-order valence-corrected chi connectivity index (χ1v) is 11.1. The lowest BCUT2D eigenvalue weighted by Crippen LogP contribution is -2.37. The van der Waals surface area contributed by atoms with Crippen molar-refractivity contribution in [3.05, 3.63) is 70.1 Å². The van der Waals surface area contributed by atoms with Gasteiger partial charge in [-0.2, -0.15) is 5.10 Å². The molecule has 0 unspecified atom stereocenters. The van der Waals surface area contributed by atoms with E-state index in [2.05, 4.69) is 10.4 Å². The number of aryl methyl sites for hydroxylation is 1. The normalized spacial score (nSPS) is 12.4. The Morgan fingerprint density at radius 3 is 2.55 bits per heavy atom. The van der Waals surface area contributed by atoms with Gasteiger partial charge in [0.2, 0.25) is 5.91 Å². The van der Waals surface area contributed by atoms with E-state index in [9.17, 15) is 9.59 Å². The third-order valence-corrected chi connectivity index (χ3v) is 6.39. The molecule has 1 N–H and O–H groups in total. The number of carbonyl (C=O) groups is 1. The third-order valence-electron chi connectivity index (χ3n) is 5.11. The van der Waals surface area contributed by atoms with Crippen molar-refractivity contribution in [2.75, 3.05) is 0 Å². The molecule has 0 bridgehead atoms. The number of hydrogen-bond acceptors (Lipinski definition) is 5. The number of fused-ring (bicyclic) bond motifs is 3. The maximum absolute atomic E-state index is 13.2. The molecule has 0 fully saturated rings. The summed E-state index contributed by atoms with van der Waals surface area (Å²) in [6, 6.07) is 14.7. The summed E-state index contributed by atoms with van der Waals surface area (Å²) >= 11 is 1.56. The number of rotatable bonds is 6. The quantitative estimate of drug-likeness (QED) is 0.481. The molecule has 1 amide bonds. The standard InChI is InChI=1S/C24H25N3O3S/c1-14(2)30-18-11-9-17(10-12-18)13-25-23(28)16(4)27-24(29)21-19-7-5-6-8-20(19)31-22(21)15(3)26-27/h5-12,14,16H,13H2,1-4H3,(H,25,28)/t16-/m0/s1. The van der Waals surface area contributed by atoms with E-state index in [1.807, 2.05) is 69.3 Å². The van der Waals surface area contributed by atoms with Gasteiger partial charge in [0, 0.05) is 16.6 Å². The second kappa shape index (κ2) is 8.51. The number of nitrogens with one attached hydrogen (secondary N) is 1. The van der Waals surface area contributed by atoms with Crippen LogP contribution in [-0.2, 0) is 11.3 Å². The van der Waals surface area contributed by atoms with E-state index in [1.165, 1.54) is 4.68 Å². The summed E-state index contributed by atoms with van der Waals surface area (Å²) < 4.78 is 8.85. The molecule has 2 aromatic heterocycles. The monoisotopic (exact) mass is 435 g/mol. The summed E-state index contributed by atoms with van der Waals surface area (Å²) in [6.45, 7) is 7.89. The molecule has 0 aliphatic carbocycles. The molecule has 0 aliphatic heterocycles. The van der Waals surface area contributed by atoms with Crippen LogP contribution in [0.4, 0.5) is 0 Å². The molecular formula is C24H25N3O3S. The smallest absolute Gasteiger partial charge is 0.276 e. The fourth-order valence-electron chi connectivity index (χ4n) is 3.55. The highest BCUT2D eigenvalue weighted by molar-refractivity contribution is 7.26. The van der Waals surface area contributed by atoms with Gasteiger partial charge in [-0.1, -0.05) is 30.3 Å². The molecule has 4 rings (SSSR count). The molecule has 1 atom stereocenters. The van der Waals surface area contributed by atoms with E-state index >= 15 is 0 Å². The van der Waals surface area contributed by atoms with Gasteiger partial charge in [0.1, 0.15) is 11.8 Å². The van der Waals surface area contributed by atoms with Crippen LogP contribution in [0.1, 0.15) is 38.1 Å². The molecule has 0 saturated heterocycles. The molecule has 2 aromatic carbocycles. The predicted octanol–water partition coefficient (Wildman–Crippen LogP) is 4.58. The number of aromatic nitrogens is 2. The second-order valence-corrected chi connectivity index (χ2v) is 8.89. The highest BCUT2D eigenvalue weighted by Crippen LogP contribution is 2.32. The van der Waals surface area contributed by atoms with Crippen molar-refractivity contribution in [3.63, 3.8) is 0 Å². The van der Waals surface area contributed by atoms with Gasteiger partial charge in [0.05, 0.1) is 21.9 Å². The van der Waals surface area contributed by atoms with Crippen LogP contribution >= 0.6 is 11.3 Å². The van der Waals surface area contributed by atoms with Crippen LogP contribution < -0.4 is 15.6 Å². The molecular weight excluding hydrogens is 410 g/mol. The lowest BCUT2D eigenvalue weighted by molar-refractivity contribution is -0.124. The van der Waals surface area contributed by atoms with Gasteiger partial charge in [-0.25, -0.2) is 4.68 Å². The molecule has 7 heteroatoms. The topological polar surface area (TPSA) is 73.2 Å². The first-order chi connectivity index (χ1) is 14.8. The molecule has 160 valence electrons. The Labute approximate surface area is 184 Å². The van der Waals surface area contributed by atoms with Gasteiger partial charge < -0.3 is 10.1 Å². The van der Waals surface area contributed by atoms with Crippen molar-refractivity contribution >= 4 is 37.4 Å². The van der Waals surface area contributed by atoms with Crippen LogP contribution in [0.2, 0.25) is 0 Å². The largest absolute Gasteiger partial charge is 0.491 e. The number of carbonyl (C=O) groups excluding carboxylic acids is 1. The van der Waals surface area contributed by atoms with Gasteiger partial charge >= 0.3 is 0 Å². The minimum absolute atomic E-state index is 0.110. The molecule has 0 aliphatic rings. The van der Waals surface area contributed by atoms with Crippen molar-refractivity contribution in [1.82, 2.24) is 15.1 Å². The Hall–Kier alpha value is -3.19.